The molecule has 0 radical (unpaired) electrons. The van der Waals surface area contributed by atoms with Gasteiger partial charge in [-0.3, -0.25) is 4.90 Å². The summed E-state index contributed by atoms with van der Waals surface area (Å²) < 4.78 is 22.7. The molecule has 1 aromatic carbocycles. The van der Waals surface area contributed by atoms with E-state index in [4.69, 9.17) is 11.3 Å². The maximum atomic E-state index is 15.8. The highest BCUT2D eigenvalue weighted by Crippen LogP contribution is 2.32. The molecule has 0 amide bonds. The number of ether oxygens (including phenoxy) is 1. The number of hydrogen-bond donors (Lipinski definition) is 2. The number of nitriles is 1. The zero-order chi connectivity index (χ0) is 24.6. The van der Waals surface area contributed by atoms with Crippen molar-refractivity contribution in [2.75, 3.05) is 54.9 Å². The number of nitrogens with one attached hydrogen (secondary N) is 2. The molecule has 11 nitrogen and oxygen atoms in total. The maximum Gasteiger partial charge on any atom is 0.275 e. The van der Waals surface area contributed by atoms with Crippen molar-refractivity contribution >= 4 is 34.6 Å². The van der Waals surface area contributed by atoms with Gasteiger partial charge in [-0.25, -0.2) is 9.37 Å². The van der Waals surface area contributed by atoms with Crippen LogP contribution in [0, 0.1) is 23.7 Å². The van der Waals surface area contributed by atoms with Crippen LogP contribution in [0.25, 0.3) is 10.5 Å². The fourth-order valence-corrected chi connectivity index (χ4v) is 4.77. The third-order valence-corrected chi connectivity index (χ3v) is 6.88. The topological polar surface area (TPSA) is 111 Å². The lowest BCUT2D eigenvalue weighted by Crippen LogP contribution is -2.50. The van der Waals surface area contributed by atoms with Gasteiger partial charge in [-0.15, -0.1) is 4.52 Å². The van der Waals surface area contributed by atoms with Gasteiger partial charge in [-0.2, -0.15) is 10.2 Å². The molecule has 3 fully saturated rings. The largest absolute Gasteiger partial charge is 0.380 e. The molecule has 12 heteroatoms. The van der Waals surface area contributed by atoms with Gasteiger partial charge in [0.2, 0.25) is 0 Å². The summed E-state index contributed by atoms with van der Waals surface area (Å²) in [6, 6.07) is 5.90. The molecule has 1 atom stereocenters. The number of imidazole rings is 1. The van der Waals surface area contributed by atoms with Gasteiger partial charge in [-0.1, -0.05) is 11.7 Å². The fourth-order valence-electron chi connectivity index (χ4n) is 4.77. The summed E-state index contributed by atoms with van der Waals surface area (Å²) in [4.78, 5) is 16.6. The summed E-state index contributed by atoms with van der Waals surface area (Å²) in [5.41, 5.74) is 1.26. The summed E-state index contributed by atoms with van der Waals surface area (Å²) >= 11 is 0. The molecule has 1 aliphatic carbocycles. The Kier molecular flexibility index (Phi) is 5.76. The minimum atomic E-state index is -0.469. The lowest BCUT2D eigenvalue weighted by Gasteiger charge is -2.38. The minimum absolute atomic E-state index is 0.108. The molecule has 2 aromatic heterocycles. The Morgan fingerprint density at radius 1 is 1.19 bits per heavy atom. The van der Waals surface area contributed by atoms with E-state index in [1.54, 1.807) is 6.07 Å². The summed E-state index contributed by atoms with van der Waals surface area (Å²) in [6.45, 7) is 11.9. The van der Waals surface area contributed by atoms with Crippen molar-refractivity contribution in [1.82, 2.24) is 24.5 Å². The molecule has 0 bridgehead atoms. The van der Waals surface area contributed by atoms with E-state index in [0.29, 0.717) is 47.9 Å². The summed E-state index contributed by atoms with van der Waals surface area (Å²) in [6.07, 6.45) is 4.52. The van der Waals surface area contributed by atoms with Crippen molar-refractivity contribution < 1.29 is 9.13 Å². The molecule has 2 N–H and O–H groups in total. The van der Waals surface area contributed by atoms with Crippen molar-refractivity contribution in [3.63, 3.8) is 0 Å². The number of piperazine rings is 1. The molecule has 2 aliphatic heterocycles. The Morgan fingerprint density at radius 2 is 2.03 bits per heavy atom. The lowest BCUT2D eigenvalue weighted by molar-refractivity contribution is 0.139. The third-order valence-electron chi connectivity index (χ3n) is 6.88. The van der Waals surface area contributed by atoms with Gasteiger partial charge in [0.15, 0.2) is 11.6 Å². The first-order valence-electron chi connectivity index (χ1n) is 12.1. The van der Waals surface area contributed by atoms with Gasteiger partial charge in [0.1, 0.15) is 0 Å². The van der Waals surface area contributed by atoms with E-state index >= 15 is 4.39 Å². The van der Waals surface area contributed by atoms with Crippen LogP contribution in [0.2, 0.25) is 0 Å². The molecule has 4 heterocycles. The van der Waals surface area contributed by atoms with E-state index in [9.17, 15) is 5.26 Å². The molecule has 1 saturated carbocycles. The predicted molar refractivity (Wildman–Crippen MR) is 131 cm³/mol. The third kappa shape index (κ3) is 4.26. The van der Waals surface area contributed by atoms with Crippen LogP contribution in [0.4, 0.5) is 33.3 Å². The number of hydrogen-bond acceptors (Lipinski definition) is 9. The monoisotopic (exact) mass is 488 g/mol. The molecular formula is C24H25FN10O. The van der Waals surface area contributed by atoms with Crippen molar-refractivity contribution in [2.24, 2.45) is 0 Å². The van der Waals surface area contributed by atoms with E-state index in [1.807, 2.05) is 4.90 Å². The number of anilines is 4. The average Bonchev–Trinajstić information content (AvgIpc) is 3.37. The van der Waals surface area contributed by atoms with Gasteiger partial charge in [0.25, 0.3) is 17.4 Å². The molecule has 6 rings (SSSR count). The van der Waals surface area contributed by atoms with Crippen molar-refractivity contribution in [1.29, 1.82) is 5.26 Å². The number of benzene rings is 1. The van der Waals surface area contributed by atoms with E-state index in [2.05, 4.69) is 41.5 Å². The molecular weight excluding hydrogens is 463 g/mol. The van der Waals surface area contributed by atoms with Gasteiger partial charge in [-0.05, 0) is 31.4 Å². The first kappa shape index (κ1) is 22.5. The van der Waals surface area contributed by atoms with Gasteiger partial charge in [0, 0.05) is 44.9 Å². The van der Waals surface area contributed by atoms with Gasteiger partial charge in [0.05, 0.1) is 35.8 Å². The van der Waals surface area contributed by atoms with Crippen LogP contribution < -0.4 is 15.5 Å². The van der Waals surface area contributed by atoms with Crippen molar-refractivity contribution in [3.05, 3.63) is 41.1 Å². The molecule has 3 aromatic rings. The van der Waals surface area contributed by atoms with E-state index < -0.39 is 5.82 Å². The van der Waals surface area contributed by atoms with Gasteiger partial charge >= 0.3 is 0 Å². The quantitative estimate of drug-likeness (QED) is 0.506. The van der Waals surface area contributed by atoms with Gasteiger partial charge < -0.3 is 25.1 Å². The normalized spacial score (nSPS) is 20.3. The first-order chi connectivity index (χ1) is 17.6. The smallest absolute Gasteiger partial charge is 0.275 e. The van der Waals surface area contributed by atoms with Crippen molar-refractivity contribution in [2.45, 2.75) is 31.3 Å². The maximum absolute atomic E-state index is 15.8. The molecule has 1 unspecified atom stereocenters. The van der Waals surface area contributed by atoms with E-state index in [-0.39, 0.29) is 17.5 Å². The summed E-state index contributed by atoms with van der Waals surface area (Å²) in [5.74, 6) is 0.350. The Bertz CT molecular complexity index is 1370. The van der Waals surface area contributed by atoms with Crippen LogP contribution in [0.1, 0.15) is 24.8 Å². The Morgan fingerprint density at radius 3 is 2.72 bits per heavy atom. The highest BCUT2D eigenvalue weighted by molar-refractivity contribution is 5.71. The lowest BCUT2D eigenvalue weighted by atomic mass is 10.1. The van der Waals surface area contributed by atoms with Crippen molar-refractivity contribution in [3.8, 4) is 6.07 Å². The second-order valence-corrected chi connectivity index (χ2v) is 9.30. The molecule has 36 heavy (non-hydrogen) atoms. The van der Waals surface area contributed by atoms with Crippen LogP contribution >= 0.6 is 0 Å². The summed E-state index contributed by atoms with van der Waals surface area (Å²) in [7, 11) is 0. The highest BCUT2D eigenvalue weighted by atomic mass is 19.1. The van der Waals surface area contributed by atoms with Crippen LogP contribution in [0.15, 0.2) is 18.3 Å². The number of fused-ring (bicyclic) bond motifs is 1. The second kappa shape index (κ2) is 9.22. The standard InChI is InChI=1S/C24H25FN10O/c1-27-20-13-28-23-22(29-16-2-3-16)31-24(32-35(20)23)30-18-10-15(12-26)11-19(21(18)25)34-7-5-33(6-8-34)17-4-9-36-14-17/h10-11,13,16-17H,2-9,14H2,(H2,29,30,31,32). The average molecular weight is 489 g/mol. The second-order valence-electron chi connectivity index (χ2n) is 9.30. The number of halogens is 1. The Balaban J connectivity index is 1.29. The minimum Gasteiger partial charge on any atom is -0.380 e. The summed E-state index contributed by atoms with van der Waals surface area (Å²) in [5, 5.41) is 20.3. The van der Waals surface area contributed by atoms with E-state index in [0.717, 1.165) is 45.6 Å². The zero-order valence-corrected chi connectivity index (χ0v) is 19.6. The number of rotatable bonds is 6. The Labute approximate surface area is 207 Å². The molecule has 0 spiro atoms. The number of aromatic nitrogens is 4. The van der Waals surface area contributed by atoms with Crippen LogP contribution in [-0.4, -0.2) is 76.0 Å². The van der Waals surface area contributed by atoms with Crippen LogP contribution in [-0.2, 0) is 4.74 Å². The fraction of sp³-hybridized carbons (Fsp3) is 0.458. The van der Waals surface area contributed by atoms with Crippen LogP contribution in [0.5, 0.6) is 0 Å². The highest BCUT2D eigenvalue weighted by Gasteiger charge is 2.29. The SMILES string of the molecule is [C-]#[N+]c1cnc2c(NC3CC3)nc(Nc3cc(C#N)cc(N4CCN(C5CCOC5)CC4)c3F)nn12. The van der Waals surface area contributed by atoms with E-state index in [1.165, 1.54) is 16.8 Å². The zero-order valence-electron chi connectivity index (χ0n) is 19.6. The molecule has 184 valence electrons. The van der Waals surface area contributed by atoms with Crippen LogP contribution in [0.3, 0.4) is 0 Å². The predicted octanol–water partition coefficient (Wildman–Crippen LogP) is 2.91. The first-order valence-corrected chi connectivity index (χ1v) is 12.1. The molecule has 3 aliphatic rings. The molecule has 2 saturated heterocycles. The Hall–Kier alpha value is -4.00. The number of nitrogens with zero attached hydrogens (tertiary/aromatic N) is 8.